The summed E-state index contributed by atoms with van der Waals surface area (Å²) in [5.41, 5.74) is -0.149. The fourth-order valence-corrected chi connectivity index (χ4v) is 3.58. The molecule has 1 aromatic rings. The number of nitrogens with zero attached hydrogens (tertiary/aromatic N) is 2. The normalized spacial score (nSPS) is 18.8. The average Bonchev–Trinajstić information content (AvgIpc) is 2.54. The number of benzene rings is 1. The van der Waals surface area contributed by atoms with E-state index in [1.54, 1.807) is 38.1 Å². The van der Waals surface area contributed by atoms with Gasteiger partial charge in [-0.05, 0) is 12.1 Å². The van der Waals surface area contributed by atoms with E-state index in [4.69, 9.17) is 11.6 Å². The van der Waals surface area contributed by atoms with E-state index in [-0.39, 0.29) is 17.2 Å². The van der Waals surface area contributed by atoms with E-state index in [9.17, 15) is 20.1 Å². The van der Waals surface area contributed by atoms with Gasteiger partial charge in [-0.3, -0.25) is 9.59 Å². The van der Waals surface area contributed by atoms with Gasteiger partial charge in [0, 0.05) is 5.41 Å². The smallest absolute Gasteiger partial charge is 0.243 e. The van der Waals surface area contributed by atoms with Crippen LogP contribution in [0.25, 0.3) is 0 Å². The monoisotopic (exact) mass is 374 g/mol. The van der Waals surface area contributed by atoms with Gasteiger partial charge in [0.05, 0.1) is 39.2 Å². The lowest BCUT2D eigenvalue weighted by Gasteiger charge is -2.34. The van der Waals surface area contributed by atoms with Crippen molar-refractivity contribution in [2.45, 2.75) is 13.8 Å². The van der Waals surface area contributed by atoms with Crippen LogP contribution in [0.5, 0.6) is 0 Å². The molecule has 2 amide bonds. The molecule has 1 heterocycles. The summed E-state index contributed by atoms with van der Waals surface area (Å²) >= 11 is 7.03. The fourth-order valence-electron chi connectivity index (χ4n) is 2.42. The van der Waals surface area contributed by atoms with Crippen LogP contribution < -0.4 is 10.6 Å². The number of para-hydroxylation sites is 1. The van der Waals surface area contributed by atoms with Gasteiger partial charge in [-0.25, -0.2) is 0 Å². The number of nitriles is 2. The van der Waals surface area contributed by atoms with Crippen LogP contribution in [0, 0.1) is 34.0 Å². The lowest BCUT2D eigenvalue weighted by atomic mass is 9.72. The highest BCUT2D eigenvalue weighted by molar-refractivity contribution is 8.03. The highest BCUT2D eigenvalue weighted by Gasteiger charge is 2.44. The second-order valence-electron chi connectivity index (χ2n) is 5.91. The van der Waals surface area contributed by atoms with Crippen molar-refractivity contribution in [1.82, 2.24) is 5.32 Å². The van der Waals surface area contributed by atoms with Gasteiger partial charge in [-0.1, -0.05) is 49.3 Å². The average molecular weight is 375 g/mol. The molecular weight excluding hydrogens is 360 g/mol. The third kappa shape index (κ3) is 3.96. The van der Waals surface area contributed by atoms with E-state index in [2.05, 4.69) is 16.7 Å². The van der Waals surface area contributed by atoms with Gasteiger partial charge < -0.3 is 10.6 Å². The number of anilines is 1. The predicted octanol–water partition coefficient (Wildman–Crippen LogP) is 3.04. The number of rotatable bonds is 4. The van der Waals surface area contributed by atoms with Crippen molar-refractivity contribution in [3.63, 3.8) is 0 Å². The lowest BCUT2D eigenvalue weighted by Crippen LogP contribution is -2.44. The molecule has 25 heavy (non-hydrogen) atoms. The number of carbonyl (C=O) groups excluding carboxylic acids is 2. The third-order valence-corrected chi connectivity index (χ3v) is 5.16. The Morgan fingerprint density at radius 3 is 2.68 bits per heavy atom. The Labute approximate surface area is 154 Å². The van der Waals surface area contributed by atoms with Crippen molar-refractivity contribution in [1.29, 1.82) is 10.5 Å². The topological polar surface area (TPSA) is 106 Å². The Morgan fingerprint density at radius 2 is 2.08 bits per heavy atom. The van der Waals surface area contributed by atoms with Crippen LogP contribution in [0.1, 0.15) is 13.8 Å². The summed E-state index contributed by atoms with van der Waals surface area (Å²) in [5, 5.41) is 24.6. The van der Waals surface area contributed by atoms with Crippen molar-refractivity contribution in [2.24, 2.45) is 11.3 Å². The number of halogens is 1. The van der Waals surface area contributed by atoms with E-state index in [0.717, 1.165) is 11.8 Å². The summed E-state index contributed by atoms with van der Waals surface area (Å²) in [7, 11) is 0. The van der Waals surface area contributed by atoms with Gasteiger partial charge in [-0.15, -0.1) is 0 Å². The lowest BCUT2D eigenvalue weighted by molar-refractivity contribution is -0.125. The number of allylic oxidation sites excluding steroid dienone is 1. The Bertz CT molecular complexity index is 836. The number of nitrogens with one attached hydrogen (secondary N) is 2. The number of hydrogen-bond acceptors (Lipinski definition) is 5. The molecule has 128 valence electrons. The second-order valence-corrected chi connectivity index (χ2v) is 7.30. The molecule has 0 bridgehead atoms. The van der Waals surface area contributed by atoms with E-state index >= 15 is 0 Å². The molecule has 6 nitrogen and oxygen atoms in total. The Morgan fingerprint density at radius 1 is 1.40 bits per heavy atom. The molecule has 1 aromatic carbocycles. The molecular formula is C17H15ClN4O2S. The van der Waals surface area contributed by atoms with Crippen LogP contribution in [-0.4, -0.2) is 17.6 Å². The zero-order chi connectivity index (χ0) is 18.6. The molecule has 1 aliphatic heterocycles. The molecule has 0 fully saturated rings. The third-order valence-electron chi connectivity index (χ3n) is 3.83. The highest BCUT2D eigenvalue weighted by atomic mass is 35.5. The van der Waals surface area contributed by atoms with Gasteiger partial charge in [0.25, 0.3) is 0 Å². The highest BCUT2D eigenvalue weighted by Crippen LogP contribution is 2.41. The van der Waals surface area contributed by atoms with E-state index in [1.165, 1.54) is 0 Å². The number of carbonyl (C=O) groups is 2. The summed E-state index contributed by atoms with van der Waals surface area (Å²) in [6, 6.07) is 10.8. The minimum atomic E-state index is -0.955. The molecule has 0 aliphatic carbocycles. The van der Waals surface area contributed by atoms with E-state index < -0.39 is 17.2 Å². The minimum Gasteiger partial charge on any atom is -0.324 e. The largest absolute Gasteiger partial charge is 0.324 e. The van der Waals surface area contributed by atoms with Crippen LogP contribution >= 0.6 is 23.4 Å². The maximum absolute atomic E-state index is 12.1. The van der Waals surface area contributed by atoms with Gasteiger partial charge in [-0.2, -0.15) is 10.5 Å². The molecule has 1 aliphatic rings. The van der Waals surface area contributed by atoms with Gasteiger partial charge in [0.2, 0.25) is 11.8 Å². The first-order valence-electron chi connectivity index (χ1n) is 7.33. The molecule has 0 aromatic heterocycles. The predicted molar refractivity (Wildman–Crippen MR) is 96.2 cm³/mol. The molecule has 8 heteroatoms. The van der Waals surface area contributed by atoms with Gasteiger partial charge >= 0.3 is 0 Å². The van der Waals surface area contributed by atoms with Crippen LogP contribution in [0.15, 0.2) is 34.9 Å². The van der Waals surface area contributed by atoms with Crippen molar-refractivity contribution >= 4 is 40.9 Å². The molecule has 2 N–H and O–H groups in total. The summed E-state index contributed by atoms with van der Waals surface area (Å²) in [5.74, 6) is -1.76. The number of amides is 2. The zero-order valence-electron chi connectivity index (χ0n) is 13.6. The Balaban J connectivity index is 2.14. The van der Waals surface area contributed by atoms with Crippen LogP contribution in [0.3, 0.4) is 0 Å². The summed E-state index contributed by atoms with van der Waals surface area (Å²) < 4.78 is 0. The van der Waals surface area contributed by atoms with Gasteiger partial charge in [0.15, 0.2) is 0 Å². The zero-order valence-corrected chi connectivity index (χ0v) is 15.2. The Kier molecular flexibility index (Phi) is 5.73. The summed E-state index contributed by atoms with van der Waals surface area (Å²) in [6.45, 7) is 3.34. The first-order valence-corrected chi connectivity index (χ1v) is 8.70. The number of hydrogen-bond donors (Lipinski definition) is 2. The Hall–Kier alpha value is -2.48. The fraction of sp³-hybridized carbons (Fsp3) is 0.294. The summed E-state index contributed by atoms with van der Waals surface area (Å²) in [4.78, 5) is 24.2. The first kappa shape index (κ1) is 18.9. The summed E-state index contributed by atoms with van der Waals surface area (Å²) in [6.07, 6.45) is 0. The first-order chi connectivity index (χ1) is 11.8. The molecule has 0 unspecified atom stereocenters. The number of thioether (sulfide) groups is 1. The van der Waals surface area contributed by atoms with Crippen molar-refractivity contribution in [3.05, 3.63) is 39.9 Å². The molecule has 0 saturated heterocycles. The minimum absolute atomic E-state index is 0.0146. The maximum Gasteiger partial charge on any atom is 0.243 e. The second kappa shape index (κ2) is 7.60. The SMILES string of the molecule is CC1(C)C(C#N)=C(SCC(=O)Nc2ccccc2Cl)NC(=O)[C@@H]1C#N. The van der Waals surface area contributed by atoms with Crippen molar-refractivity contribution < 1.29 is 9.59 Å². The van der Waals surface area contributed by atoms with Crippen LogP contribution in [0.4, 0.5) is 5.69 Å². The maximum atomic E-state index is 12.1. The molecule has 0 saturated carbocycles. The van der Waals surface area contributed by atoms with Gasteiger partial charge in [0.1, 0.15) is 5.92 Å². The van der Waals surface area contributed by atoms with Crippen molar-refractivity contribution in [3.8, 4) is 12.1 Å². The van der Waals surface area contributed by atoms with E-state index in [1.807, 2.05) is 6.07 Å². The van der Waals surface area contributed by atoms with E-state index in [0.29, 0.717) is 15.7 Å². The van der Waals surface area contributed by atoms with Crippen molar-refractivity contribution in [2.75, 3.05) is 11.1 Å². The molecule has 0 radical (unpaired) electrons. The van der Waals surface area contributed by atoms with Crippen LogP contribution in [-0.2, 0) is 9.59 Å². The molecule has 0 spiro atoms. The quantitative estimate of drug-likeness (QED) is 0.842. The molecule has 2 rings (SSSR count). The van der Waals surface area contributed by atoms with Crippen LogP contribution in [0.2, 0.25) is 5.02 Å². The standard InChI is InChI=1S/C17H15ClN4O2S/c1-17(2)10(7-19)15(24)22-16(11(17)8-20)25-9-14(23)21-13-6-4-3-5-12(13)18/h3-6,10H,9H2,1-2H3,(H,21,23)(H,22,24)/t10-/m0/s1. The molecule has 1 atom stereocenters.